The molecule has 92 valence electrons. The van der Waals surface area contributed by atoms with Gasteiger partial charge in [0.15, 0.2) is 0 Å². The molecule has 0 radical (unpaired) electrons. The quantitative estimate of drug-likeness (QED) is 0.694. The minimum atomic E-state index is 0.0357. The molecule has 0 aromatic heterocycles. The minimum Gasteiger partial charge on any atom is -0.381 e. The summed E-state index contributed by atoms with van der Waals surface area (Å²) in [6, 6.07) is 0.290. The molecule has 2 heterocycles. The van der Waals surface area contributed by atoms with Gasteiger partial charge in [-0.05, 0) is 12.8 Å². The topological polar surface area (TPSA) is 59.6 Å². The van der Waals surface area contributed by atoms with Crippen molar-refractivity contribution in [2.45, 2.75) is 31.4 Å². The zero-order valence-electron chi connectivity index (χ0n) is 9.54. The van der Waals surface area contributed by atoms with Crippen LogP contribution in [-0.2, 0) is 14.3 Å². The zero-order valence-corrected chi connectivity index (χ0v) is 9.54. The van der Waals surface area contributed by atoms with Gasteiger partial charge >= 0.3 is 0 Å². The molecule has 1 amide bonds. The van der Waals surface area contributed by atoms with E-state index in [4.69, 9.17) is 9.47 Å². The number of amides is 1. The van der Waals surface area contributed by atoms with Crippen LogP contribution in [0.2, 0.25) is 0 Å². The average Bonchev–Trinajstić information content (AvgIpc) is 2.31. The Kier molecular flexibility index (Phi) is 4.56. The standard InChI is InChI=1S/C11H20N2O3/c14-11(7-10-8-12-3-6-16-10)13-9-1-4-15-5-2-9/h9-10,12H,1-8H2,(H,13,14). The van der Waals surface area contributed by atoms with Gasteiger partial charge in [0.25, 0.3) is 0 Å². The van der Waals surface area contributed by atoms with Crippen LogP contribution in [0.15, 0.2) is 0 Å². The first-order chi connectivity index (χ1) is 7.84. The van der Waals surface area contributed by atoms with Gasteiger partial charge in [0, 0.05) is 32.3 Å². The van der Waals surface area contributed by atoms with Crippen molar-refractivity contribution < 1.29 is 14.3 Å². The van der Waals surface area contributed by atoms with E-state index in [-0.39, 0.29) is 18.1 Å². The predicted molar refractivity (Wildman–Crippen MR) is 59.2 cm³/mol. The third-order valence-electron chi connectivity index (χ3n) is 3.00. The minimum absolute atomic E-state index is 0.0357. The summed E-state index contributed by atoms with van der Waals surface area (Å²) in [6.45, 7) is 3.88. The average molecular weight is 228 g/mol. The molecular formula is C11H20N2O3. The van der Waals surface area contributed by atoms with Gasteiger partial charge in [-0.15, -0.1) is 0 Å². The van der Waals surface area contributed by atoms with Crippen LogP contribution in [-0.4, -0.2) is 51.0 Å². The number of rotatable bonds is 3. The van der Waals surface area contributed by atoms with Gasteiger partial charge in [-0.1, -0.05) is 0 Å². The smallest absolute Gasteiger partial charge is 0.222 e. The molecule has 2 fully saturated rings. The van der Waals surface area contributed by atoms with Crippen molar-refractivity contribution in [3.8, 4) is 0 Å². The highest BCUT2D eigenvalue weighted by Crippen LogP contribution is 2.07. The molecule has 0 aromatic rings. The Hall–Kier alpha value is -0.650. The lowest BCUT2D eigenvalue weighted by Gasteiger charge is -2.26. The zero-order chi connectivity index (χ0) is 11.2. The third kappa shape index (κ3) is 3.73. The van der Waals surface area contributed by atoms with E-state index in [9.17, 15) is 4.79 Å². The van der Waals surface area contributed by atoms with E-state index in [2.05, 4.69) is 10.6 Å². The lowest BCUT2D eigenvalue weighted by atomic mass is 10.1. The van der Waals surface area contributed by atoms with Gasteiger partial charge in [-0.3, -0.25) is 4.79 Å². The first-order valence-electron chi connectivity index (χ1n) is 6.04. The summed E-state index contributed by atoms with van der Waals surface area (Å²) in [5.41, 5.74) is 0. The van der Waals surface area contributed by atoms with Crippen LogP contribution >= 0.6 is 0 Å². The Bertz CT molecular complexity index is 201. The third-order valence-corrected chi connectivity index (χ3v) is 3.00. The Labute approximate surface area is 95.9 Å². The molecule has 0 aromatic carbocycles. The summed E-state index contributed by atoms with van der Waals surface area (Å²) >= 11 is 0. The fraction of sp³-hybridized carbons (Fsp3) is 0.909. The molecule has 2 rings (SSSR count). The molecule has 2 saturated heterocycles. The summed E-state index contributed by atoms with van der Waals surface area (Å²) < 4.78 is 10.7. The molecule has 5 heteroatoms. The first kappa shape index (κ1) is 11.8. The molecule has 16 heavy (non-hydrogen) atoms. The van der Waals surface area contributed by atoms with Crippen molar-refractivity contribution in [1.29, 1.82) is 0 Å². The number of carbonyl (C=O) groups excluding carboxylic acids is 1. The monoisotopic (exact) mass is 228 g/mol. The van der Waals surface area contributed by atoms with Crippen LogP contribution in [0.3, 0.4) is 0 Å². The lowest BCUT2D eigenvalue weighted by Crippen LogP contribution is -2.44. The molecule has 0 spiro atoms. The highest BCUT2D eigenvalue weighted by molar-refractivity contribution is 5.76. The van der Waals surface area contributed by atoms with E-state index in [1.54, 1.807) is 0 Å². The van der Waals surface area contributed by atoms with Gasteiger partial charge in [0.05, 0.1) is 19.1 Å². The summed E-state index contributed by atoms with van der Waals surface area (Å²) in [5.74, 6) is 0.0978. The summed E-state index contributed by atoms with van der Waals surface area (Å²) in [4.78, 5) is 11.7. The van der Waals surface area contributed by atoms with Gasteiger partial charge in [-0.25, -0.2) is 0 Å². The summed E-state index contributed by atoms with van der Waals surface area (Å²) in [5, 5.41) is 6.26. The van der Waals surface area contributed by atoms with Crippen molar-refractivity contribution in [3.05, 3.63) is 0 Å². The predicted octanol–water partition coefficient (Wildman–Crippen LogP) is -0.340. The number of hydrogen-bond donors (Lipinski definition) is 2. The molecule has 0 aliphatic carbocycles. The van der Waals surface area contributed by atoms with Crippen LogP contribution in [0.25, 0.3) is 0 Å². The molecule has 2 N–H and O–H groups in total. The summed E-state index contributed by atoms with van der Waals surface area (Å²) in [6.07, 6.45) is 2.35. The second-order valence-electron chi connectivity index (χ2n) is 4.36. The van der Waals surface area contributed by atoms with Crippen molar-refractivity contribution in [1.82, 2.24) is 10.6 Å². The van der Waals surface area contributed by atoms with E-state index in [1.165, 1.54) is 0 Å². The van der Waals surface area contributed by atoms with Crippen LogP contribution in [0, 0.1) is 0 Å². The maximum atomic E-state index is 11.7. The first-order valence-corrected chi connectivity index (χ1v) is 6.04. The van der Waals surface area contributed by atoms with E-state index < -0.39 is 0 Å². The SMILES string of the molecule is O=C(CC1CNCCO1)NC1CCOCC1. The maximum absolute atomic E-state index is 11.7. The second-order valence-corrected chi connectivity index (χ2v) is 4.36. The number of carbonyl (C=O) groups is 1. The number of morpholine rings is 1. The van der Waals surface area contributed by atoms with Gasteiger partial charge in [0.2, 0.25) is 5.91 Å². The molecule has 2 aliphatic rings. The largest absolute Gasteiger partial charge is 0.381 e. The lowest BCUT2D eigenvalue weighted by molar-refractivity contribution is -0.125. The van der Waals surface area contributed by atoms with Crippen molar-refractivity contribution in [3.63, 3.8) is 0 Å². The van der Waals surface area contributed by atoms with Crippen molar-refractivity contribution in [2.24, 2.45) is 0 Å². The van der Waals surface area contributed by atoms with Crippen molar-refractivity contribution >= 4 is 5.91 Å². The van der Waals surface area contributed by atoms with E-state index in [0.29, 0.717) is 13.0 Å². The molecule has 0 saturated carbocycles. The number of nitrogens with one attached hydrogen (secondary N) is 2. The molecular weight excluding hydrogens is 208 g/mol. The molecule has 5 nitrogen and oxygen atoms in total. The Morgan fingerprint density at radius 3 is 2.81 bits per heavy atom. The van der Waals surface area contributed by atoms with Gasteiger partial charge < -0.3 is 20.1 Å². The van der Waals surface area contributed by atoms with Crippen molar-refractivity contribution in [2.75, 3.05) is 32.9 Å². The summed E-state index contributed by atoms with van der Waals surface area (Å²) in [7, 11) is 0. The van der Waals surface area contributed by atoms with E-state index in [1.807, 2.05) is 0 Å². The molecule has 0 bridgehead atoms. The normalized spacial score (nSPS) is 27.6. The fourth-order valence-electron chi connectivity index (χ4n) is 2.09. The Morgan fingerprint density at radius 2 is 2.12 bits per heavy atom. The van der Waals surface area contributed by atoms with Crippen LogP contribution < -0.4 is 10.6 Å². The molecule has 2 aliphatic heterocycles. The van der Waals surface area contributed by atoms with Gasteiger partial charge in [-0.2, -0.15) is 0 Å². The molecule has 1 atom stereocenters. The van der Waals surface area contributed by atoms with E-state index in [0.717, 1.165) is 39.1 Å². The van der Waals surface area contributed by atoms with Crippen LogP contribution in [0.5, 0.6) is 0 Å². The second kappa shape index (κ2) is 6.18. The number of ether oxygens (including phenoxy) is 2. The Balaban J connectivity index is 1.66. The van der Waals surface area contributed by atoms with Crippen LogP contribution in [0.1, 0.15) is 19.3 Å². The maximum Gasteiger partial charge on any atom is 0.222 e. The number of hydrogen-bond acceptors (Lipinski definition) is 4. The van der Waals surface area contributed by atoms with E-state index >= 15 is 0 Å². The fourth-order valence-corrected chi connectivity index (χ4v) is 2.09. The highest BCUT2D eigenvalue weighted by atomic mass is 16.5. The van der Waals surface area contributed by atoms with Crippen LogP contribution in [0.4, 0.5) is 0 Å². The Morgan fingerprint density at radius 1 is 1.31 bits per heavy atom. The highest BCUT2D eigenvalue weighted by Gasteiger charge is 2.20. The molecule has 1 unspecified atom stereocenters. The van der Waals surface area contributed by atoms with Gasteiger partial charge in [0.1, 0.15) is 0 Å².